The molecule has 1 amide bonds. The van der Waals surface area contributed by atoms with E-state index in [0.717, 1.165) is 5.69 Å². The molecule has 1 rings (SSSR count). The van der Waals surface area contributed by atoms with Gasteiger partial charge < -0.3 is 5.32 Å². The Morgan fingerprint density at radius 3 is 2.50 bits per heavy atom. The van der Waals surface area contributed by atoms with Crippen molar-refractivity contribution < 1.29 is 4.79 Å². The van der Waals surface area contributed by atoms with Gasteiger partial charge in [-0.2, -0.15) is 0 Å². The molecule has 0 bridgehead atoms. The maximum Gasteiger partial charge on any atom is 0.211 e. The first-order valence-electron chi connectivity index (χ1n) is 4.30. The Hall–Kier alpha value is -0.530. The molecule has 0 aliphatic carbocycles. The van der Waals surface area contributed by atoms with Gasteiger partial charge in [-0.15, -0.1) is 19.7 Å². The molecule has 0 aromatic heterocycles. The van der Waals surface area contributed by atoms with E-state index >= 15 is 0 Å². The second-order valence-corrected chi connectivity index (χ2v) is 7.09. The third-order valence-corrected chi connectivity index (χ3v) is 4.76. The number of amides is 1. The van der Waals surface area contributed by atoms with Gasteiger partial charge in [-0.05, 0) is 37.6 Å². The van der Waals surface area contributed by atoms with Crippen molar-refractivity contribution >= 4 is 31.8 Å². The van der Waals surface area contributed by atoms with Crippen LogP contribution in [0.1, 0.15) is 0 Å². The van der Waals surface area contributed by atoms with Gasteiger partial charge in [0.1, 0.15) is 0 Å². The van der Waals surface area contributed by atoms with Gasteiger partial charge in [0, 0.05) is 16.1 Å². The Morgan fingerprint density at radius 2 is 2.00 bits per heavy atom. The van der Waals surface area contributed by atoms with E-state index in [1.807, 2.05) is 36.0 Å². The van der Waals surface area contributed by atoms with Crippen molar-refractivity contribution in [1.82, 2.24) is 0 Å². The molecule has 0 unspecified atom stereocenters. The molecule has 0 saturated carbocycles. The van der Waals surface area contributed by atoms with Crippen LogP contribution in [0.4, 0.5) is 5.69 Å². The van der Waals surface area contributed by atoms with Crippen LogP contribution in [0, 0.1) is 0 Å². The first kappa shape index (κ1) is 11.5. The number of thioether (sulfide) groups is 1. The van der Waals surface area contributed by atoms with Gasteiger partial charge in [0.05, 0.1) is 0 Å². The quantitative estimate of drug-likeness (QED) is 0.476. The number of rotatable bonds is 5. The Balaban J connectivity index is 2.50. The van der Waals surface area contributed by atoms with E-state index in [1.165, 1.54) is 10.4 Å². The predicted molar refractivity (Wildman–Crippen MR) is 65.6 cm³/mol. The zero-order valence-corrected chi connectivity index (χ0v) is 10.1. The number of benzene rings is 1. The molecule has 0 radical (unpaired) electrons. The molecule has 0 aliphatic heterocycles. The van der Waals surface area contributed by atoms with Crippen LogP contribution in [-0.4, -0.2) is 25.2 Å². The highest BCUT2D eigenvalue weighted by atomic mass is 32.2. The summed E-state index contributed by atoms with van der Waals surface area (Å²) in [4.78, 5) is 11.4. The summed E-state index contributed by atoms with van der Waals surface area (Å²) in [5.41, 5.74) is 2.04. The molecule has 1 aromatic rings. The van der Waals surface area contributed by atoms with Crippen LogP contribution in [0.2, 0.25) is 0 Å². The van der Waals surface area contributed by atoms with Crippen LogP contribution in [0.3, 0.4) is 0 Å². The highest BCUT2D eigenvalue weighted by molar-refractivity contribution is 8.04. The maximum atomic E-state index is 10.2. The molecule has 14 heavy (non-hydrogen) atoms. The number of hydrogen-bond acceptors (Lipinski definition) is 2. The Kier molecular flexibility index (Phi) is 4.99. The van der Waals surface area contributed by atoms with E-state index in [4.69, 9.17) is 0 Å². The summed E-state index contributed by atoms with van der Waals surface area (Å²) < 4.78 is 0. The third-order valence-electron chi connectivity index (χ3n) is 1.57. The van der Waals surface area contributed by atoms with Gasteiger partial charge in [0.15, 0.2) is 0 Å². The smallest absolute Gasteiger partial charge is 0.211 e. The van der Waals surface area contributed by atoms with Gasteiger partial charge in [0.25, 0.3) is 0 Å². The SMILES string of the molecule is CP(C)CSc1ccc(NC=O)cc1. The fraction of sp³-hybridized carbons (Fsp3) is 0.300. The van der Waals surface area contributed by atoms with Crippen LogP contribution in [0.25, 0.3) is 0 Å². The van der Waals surface area contributed by atoms with Crippen LogP contribution >= 0.6 is 19.7 Å². The van der Waals surface area contributed by atoms with Crippen molar-refractivity contribution in [3.8, 4) is 0 Å². The molecule has 0 atom stereocenters. The van der Waals surface area contributed by atoms with Gasteiger partial charge >= 0.3 is 0 Å². The largest absolute Gasteiger partial charge is 0.329 e. The lowest BCUT2D eigenvalue weighted by molar-refractivity contribution is -0.105. The van der Waals surface area contributed by atoms with Crippen molar-refractivity contribution in [3.63, 3.8) is 0 Å². The van der Waals surface area contributed by atoms with Crippen LogP contribution in [-0.2, 0) is 4.79 Å². The van der Waals surface area contributed by atoms with E-state index < -0.39 is 0 Å². The summed E-state index contributed by atoms with van der Waals surface area (Å²) in [7, 11) is 0.153. The summed E-state index contributed by atoms with van der Waals surface area (Å²) in [5.74, 6) is 0. The fourth-order valence-electron chi connectivity index (χ4n) is 0.919. The van der Waals surface area contributed by atoms with Crippen molar-refractivity contribution in [2.24, 2.45) is 0 Å². The van der Waals surface area contributed by atoms with Crippen molar-refractivity contribution in [3.05, 3.63) is 24.3 Å². The molecule has 1 aromatic carbocycles. The first-order valence-corrected chi connectivity index (χ1v) is 7.71. The van der Waals surface area contributed by atoms with Crippen LogP contribution in [0.15, 0.2) is 29.2 Å². The van der Waals surface area contributed by atoms with Crippen LogP contribution in [0.5, 0.6) is 0 Å². The second kappa shape index (κ2) is 6.05. The van der Waals surface area contributed by atoms with E-state index in [2.05, 4.69) is 18.6 Å². The van der Waals surface area contributed by atoms with Crippen LogP contribution < -0.4 is 5.32 Å². The first-order chi connectivity index (χ1) is 6.72. The van der Waals surface area contributed by atoms with Gasteiger partial charge in [-0.1, -0.05) is 0 Å². The number of carbonyl (C=O) groups excluding carboxylic acids is 1. The molecule has 0 heterocycles. The molecule has 76 valence electrons. The number of anilines is 1. The summed E-state index contributed by atoms with van der Waals surface area (Å²) in [6.07, 6.45) is 0.694. The van der Waals surface area contributed by atoms with E-state index in [0.29, 0.717) is 6.41 Å². The molecule has 4 heteroatoms. The van der Waals surface area contributed by atoms with E-state index in [-0.39, 0.29) is 7.92 Å². The maximum absolute atomic E-state index is 10.2. The minimum atomic E-state index is 0.153. The predicted octanol–water partition coefficient (Wildman–Crippen LogP) is 3.05. The number of hydrogen-bond donors (Lipinski definition) is 1. The average Bonchev–Trinajstić information content (AvgIpc) is 2.17. The second-order valence-electron chi connectivity index (χ2n) is 3.14. The fourth-order valence-corrected chi connectivity index (χ4v) is 2.88. The molecule has 0 saturated heterocycles. The lowest BCUT2D eigenvalue weighted by atomic mass is 10.3. The number of nitrogens with one attached hydrogen (secondary N) is 1. The summed E-state index contributed by atoms with van der Waals surface area (Å²) >= 11 is 1.87. The van der Waals surface area contributed by atoms with Crippen molar-refractivity contribution in [2.45, 2.75) is 4.90 Å². The van der Waals surface area contributed by atoms with Crippen molar-refractivity contribution in [1.29, 1.82) is 0 Å². The molecule has 0 spiro atoms. The van der Waals surface area contributed by atoms with E-state index in [1.54, 1.807) is 0 Å². The minimum Gasteiger partial charge on any atom is -0.329 e. The lowest BCUT2D eigenvalue weighted by Crippen LogP contribution is -1.92. The topological polar surface area (TPSA) is 29.1 Å². The molecular formula is C10H14NOPS. The highest BCUT2D eigenvalue weighted by Gasteiger charge is 1.96. The zero-order valence-electron chi connectivity index (χ0n) is 8.36. The molecule has 2 nitrogen and oxygen atoms in total. The standard InChI is InChI=1S/C10H14NOPS/c1-13(2)8-14-10-5-3-9(4-6-10)11-7-12/h3-7H,8H2,1-2H3,(H,11,12). The normalized spacial score (nSPS) is 10.2. The summed E-state index contributed by atoms with van der Waals surface area (Å²) in [5, 5.41) is 2.61. The molecule has 1 N–H and O–H groups in total. The third kappa shape index (κ3) is 4.12. The Bertz CT molecular complexity index is 287. The van der Waals surface area contributed by atoms with Crippen molar-refractivity contribution in [2.75, 3.05) is 24.1 Å². The van der Waals surface area contributed by atoms with Gasteiger partial charge in [0.2, 0.25) is 6.41 Å². The molecule has 0 aliphatic rings. The zero-order chi connectivity index (χ0) is 10.4. The summed E-state index contributed by atoms with van der Waals surface area (Å²) in [6.45, 7) is 4.54. The Morgan fingerprint density at radius 1 is 1.36 bits per heavy atom. The van der Waals surface area contributed by atoms with Gasteiger partial charge in [-0.25, -0.2) is 0 Å². The van der Waals surface area contributed by atoms with E-state index in [9.17, 15) is 4.79 Å². The Labute approximate surface area is 90.2 Å². The highest BCUT2D eigenvalue weighted by Crippen LogP contribution is 2.34. The van der Waals surface area contributed by atoms with Gasteiger partial charge in [-0.3, -0.25) is 4.79 Å². The molecular weight excluding hydrogens is 213 g/mol. The number of carbonyl (C=O) groups is 1. The summed E-state index contributed by atoms with van der Waals surface area (Å²) in [6, 6.07) is 7.92. The monoisotopic (exact) mass is 227 g/mol. The minimum absolute atomic E-state index is 0.153. The molecule has 0 fully saturated rings. The lowest BCUT2D eigenvalue weighted by Gasteiger charge is -2.05. The average molecular weight is 227 g/mol.